The largest absolute Gasteiger partial charge is 0.381 e. The molecule has 1 saturated heterocycles. The van der Waals surface area contributed by atoms with Crippen LogP contribution in [0, 0.1) is 18.8 Å². The van der Waals surface area contributed by atoms with Gasteiger partial charge in [-0.05, 0) is 26.2 Å². The smallest absolute Gasteiger partial charge is 0.226 e. The SMILES string of the molecule is COC1[C@@H]2CC[C@H]1CN(C(=O)CCCc1nc(-c3ccc(C)cc3)no1)C2. The Kier molecular flexibility index (Phi) is 5.25. The van der Waals surface area contributed by atoms with Crippen molar-refractivity contribution in [1.29, 1.82) is 0 Å². The second-order valence-electron chi connectivity index (χ2n) is 7.83. The molecule has 1 aromatic heterocycles. The molecular weight excluding hydrogens is 342 g/mol. The van der Waals surface area contributed by atoms with Crippen molar-refractivity contribution in [3.63, 3.8) is 0 Å². The van der Waals surface area contributed by atoms with Gasteiger partial charge in [0, 0.05) is 50.4 Å². The molecule has 2 aliphatic rings. The molecule has 2 aromatic rings. The highest BCUT2D eigenvalue weighted by molar-refractivity contribution is 5.76. The Balaban J connectivity index is 1.27. The minimum Gasteiger partial charge on any atom is -0.381 e. The van der Waals surface area contributed by atoms with Crippen molar-refractivity contribution in [2.24, 2.45) is 11.8 Å². The van der Waals surface area contributed by atoms with E-state index in [1.54, 1.807) is 7.11 Å². The van der Waals surface area contributed by atoms with Crippen LogP contribution in [0.15, 0.2) is 28.8 Å². The number of fused-ring (bicyclic) bond motifs is 2. The highest BCUT2D eigenvalue weighted by atomic mass is 16.5. The molecule has 1 saturated carbocycles. The predicted octanol–water partition coefficient (Wildman–Crippen LogP) is 3.25. The van der Waals surface area contributed by atoms with Gasteiger partial charge in [0.05, 0.1) is 6.10 Å². The Morgan fingerprint density at radius 1 is 1.22 bits per heavy atom. The molecule has 0 spiro atoms. The summed E-state index contributed by atoms with van der Waals surface area (Å²) in [6, 6.07) is 8.05. The van der Waals surface area contributed by atoms with E-state index in [0.717, 1.165) is 25.1 Å². The molecule has 1 aliphatic heterocycles. The van der Waals surface area contributed by atoms with E-state index in [0.29, 0.717) is 42.5 Å². The summed E-state index contributed by atoms with van der Waals surface area (Å²) < 4.78 is 11.0. The monoisotopic (exact) mass is 369 g/mol. The fourth-order valence-corrected chi connectivity index (χ4v) is 4.49. The number of rotatable bonds is 6. The summed E-state index contributed by atoms with van der Waals surface area (Å²) >= 11 is 0. The molecule has 2 fully saturated rings. The summed E-state index contributed by atoms with van der Waals surface area (Å²) in [6.07, 6.45) is 4.58. The standard InChI is InChI=1S/C21H27N3O3/c1-14-6-8-15(9-7-14)21-22-18(27-23-21)4-3-5-19(25)24-12-16-10-11-17(13-24)20(16)26-2/h6-9,16-17,20H,3-5,10-13H2,1-2H3/t16-,17+,20?. The first-order valence-electron chi connectivity index (χ1n) is 9.84. The summed E-state index contributed by atoms with van der Waals surface area (Å²) in [5, 5.41) is 4.05. The van der Waals surface area contributed by atoms with E-state index in [1.807, 2.05) is 36.1 Å². The molecule has 0 radical (unpaired) electrons. The summed E-state index contributed by atoms with van der Waals surface area (Å²) in [5.41, 5.74) is 2.15. The van der Waals surface area contributed by atoms with Gasteiger partial charge < -0.3 is 14.2 Å². The number of aromatic nitrogens is 2. The molecule has 1 aromatic carbocycles. The van der Waals surface area contributed by atoms with E-state index < -0.39 is 0 Å². The quantitative estimate of drug-likeness (QED) is 0.782. The zero-order valence-corrected chi connectivity index (χ0v) is 16.1. The number of carbonyl (C=O) groups is 1. The second-order valence-corrected chi connectivity index (χ2v) is 7.83. The Labute approximate surface area is 159 Å². The Morgan fingerprint density at radius 2 is 1.93 bits per heavy atom. The molecular formula is C21H27N3O3. The lowest BCUT2D eigenvalue weighted by Gasteiger charge is -2.37. The molecule has 6 nitrogen and oxygen atoms in total. The molecule has 1 unspecified atom stereocenters. The molecule has 6 heteroatoms. The first-order chi connectivity index (χ1) is 13.1. The summed E-state index contributed by atoms with van der Waals surface area (Å²) in [5.74, 6) is 2.45. The third kappa shape index (κ3) is 3.90. The van der Waals surface area contributed by atoms with Crippen molar-refractivity contribution < 1.29 is 14.1 Å². The molecule has 3 atom stereocenters. The Hall–Kier alpha value is -2.21. The van der Waals surface area contributed by atoms with Crippen LogP contribution in [-0.2, 0) is 16.0 Å². The van der Waals surface area contributed by atoms with Crippen LogP contribution in [0.2, 0.25) is 0 Å². The molecule has 2 bridgehead atoms. The Morgan fingerprint density at radius 3 is 2.59 bits per heavy atom. The number of aryl methyl sites for hydroxylation is 2. The average Bonchev–Trinajstić information content (AvgIpc) is 3.23. The van der Waals surface area contributed by atoms with Crippen LogP contribution in [0.1, 0.15) is 37.1 Å². The lowest BCUT2D eigenvalue weighted by molar-refractivity contribution is -0.136. The van der Waals surface area contributed by atoms with Crippen molar-refractivity contribution in [3.05, 3.63) is 35.7 Å². The number of carbonyl (C=O) groups excluding carboxylic acids is 1. The van der Waals surface area contributed by atoms with E-state index in [4.69, 9.17) is 9.26 Å². The predicted molar refractivity (Wildman–Crippen MR) is 101 cm³/mol. The summed E-state index contributed by atoms with van der Waals surface area (Å²) in [7, 11) is 1.79. The van der Waals surface area contributed by atoms with Crippen LogP contribution in [0.25, 0.3) is 11.4 Å². The number of ether oxygens (including phenoxy) is 1. The van der Waals surface area contributed by atoms with Crippen molar-refractivity contribution in [1.82, 2.24) is 15.0 Å². The van der Waals surface area contributed by atoms with E-state index in [2.05, 4.69) is 10.1 Å². The summed E-state index contributed by atoms with van der Waals surface area (Å²) in [6.45, 7) is 3.73. The van der Waals surface area contributed by atoms with Gasteiger partial charge in [0.15, 0.2) is 0 Å². The molecule has 4 rings (SSSR count). The van der Waals surface area contributed by atoms with E-state index >= 15 is 0 Å². The number of piperidine rings is 1. The minimum atomic E-state index is 0.236. The first-order valence-corrected chi connectivity index (χ1v) is 9.84. The number of methoxy groups -OCH3 is 1. The van der Waals surface area contributed by atoms with Crippen LogP contribution >= 0.6 is 0 Å². The van der Waals surface area contributed by atoms with Crippen LogP contribution in [-0.4, -0.2) is 47.3 Å². The number of hydrogen-bond donors (Lipinski definition) is 0. The fourth-order valence-electron chi connectivity index (χ4n) is 4.49. The molecule has 27 heavy (non-hydrogen) atoms. The third-order valence-electron chi connectivity index (χ3n) is 5.93. The highest BCUT2D eigenvalue weighted by Gasteiger charge is 2.43. The van der Waals surface area contributed by atoms with Crippen LogP contribution < -0.4 is 0 Å². The van der Waals surface area contributed by atoms with E-state index in [1.165, 1.54) is 18.4 Å². The molecule has 2 heterocycles. The van der Waals surface area contributed by atoms with Crippen LogP contribution in [0.4, 0.5) is 0 Å². The van der Waals surface area contributed by atoms with Gasteiger partial charge in [0.2, 0.25) is 17.6 Å². The molecule has 1 aliphatic carbocycles. The number of nitrogens with zero attached hydrogens (tertiary/aromatic N) is 3. The third-order valence-corrected chi connectivity index (χ3v) is 5.93. The van der Waals surface area contributed by atoms with Gasteiger partial charge in [-0.25, -0.2) is 0 Å². The number of amides is 1. The maximum Gasteiger partial charge on any atom is 0.226 e. The second kappa shape index (κ2) is 7.80. The number of benzene rings is 1. The van der Waals surface area contributed by atoms with Crippen LogP contribution in [0.3, 0.4) is 0 Å². The topological polar surface area (TPSA) is 68.5 Å². The fraction of sp³-hybridized carbons (Fsp3) is 0.571. The number of likely N-dealkylation sites (tertiary alicyclic amines) is 1. The minimum absolute atomic E-state index is 0.236. The van der Waals surface area contributed by atoms with E-state index in [-0.39, 0.29) is 5.91 Å². The molecule has 0 N–H and O–H groups in total. The van der Waals surface area contributed by atoms with Gasteiger partial charge in [-0.2, -0.15) is 4.98 Å². The maximum absolute atomic E-state index is 12.6. The first kappa shape index (κ1) is 18.2. The summed E-state index contributed by atoms with van der Waals surface area (Å²) in [4.78, 5) is 19.1. The average molecular weight is 369 g/mol. The maximum atomic E-state index is 12.6. The normalized spacial score (nSPS) is 24.4. The van der Waals surface area contributed by atoms with Gasteiger partial charge >= 0.3 is 0 Å². The lowest BCUT2D eigenvalue weighted by Crippen LogP contribution is -2.48. The van der Waals surface area contributed by atoms with Gasteiger partial charge in [0.25, 0.3) is 0 Å². The Bertz CT molecular complexity index is 772. The van der Waals surface area contributed by atoms with Gasteiger partial charge in [-0.3, -0.25) is 4.79 Å². The van der Waals surface area contributed by atoms with Gasteiger partial charge in [0.1, 0.15) is 0 Å². The highest BCUT2D eigenvalue weighted by Crippen LogP contribution is 2.38. The van der Waals surface area contributed by atoms with Crippen molar-refractivity contribution in [2.75, 3.05) is 20.2 Å². The van der Waals surface area contributed by atoms with Crippen molar-refractivity contribution in [3.8, 4) is 11.4 Å². The molecule has 1 amide bonds. The zero-order chi connectivity index (χ0) is 18.8. The number of hydrogen-bond acceptors (Lipinski definition) is 5. The van der Waals surface area contributed by atoms with E-state index in [9.17, 15) is 4.79 Å². The van der Waals surface area contributed by atoms with Crippen molar-refractivity contribution >= 4 is 5.91 Å². The molecule has 144 valence electrons. The van der Waals surface area contributed by atoms with Gasteiger partial charge in [-0.1, -0.05) is 35.0 Å². The van der Waals surface area contributed by atoms with Gasteiger partial charge in [-0.15, -0.1) is 0 Å². The van der Waals surface area contributed by atoms with Crippen LogP contribution in [0.5, 0.6) is 0 Å². The lowest BCUT2D eigenvalue weighted by atomic mass is 9.94. The zero-order valence-electron chi connectivity index (χ0n) is 16.1. The van der Waals surface area contributed by atoms with Crippen molar-refractivity contribution in [2.45, 2.75) is 45.1 Å².